The number of ether oxygens (including phenoxy) is 1. The number of rotatable bonds is 4. The molecule has 0 N–H and O–H groups in total. The highest BCUT2D eigenvalue weighted by atomic mass is 32.1. The molecule has 0 fully saturated rings. The Hall–Kier alpha value is -2.99. The van der Waals surface area contributed by atoms with Crippen LogP contribution in [0.4, 0.5) is 0 Å². The van der Waals surface area contributed by atoms with Crippen LogP contribution in [0.2, 0.25) is 0 Å². The molecular weight excluding hydrogens is 352 g/mol. The summed E-state index contributed by atoms with van der Waals surface area (Å²) in [6.45, 7) is 1.96. The minimum Gasteiger partial charge on any atom is -0.466 e. The van der Waals surface area contributed by atoms with E-state index in [1.807, 2.05) is 17.5 Å². The molecular formula is C20H14O5S. The molecule has 1 aromatic carbocycles. The van der Waals surface area contributed by atoms with Crippen LogP contribution in [0.3, 0.4) is 0 Å². The van der Waals surface area contributed by atoms with E-state index in [1.54, 1.807) is 31.2 Å². The zero-order valence-corrected chi connectivity index (χ0v) is 14.7. The molecule has 2 heterocycles. The summed E-state index contributed by atoms with van der Waals surface area (Å²) < 4.78 is 10.8. The third-order valence-electron chi connectivity index (χ3n) is 4.21. The Kier molecular flexibility index (Phi) is 4.05. The van der Waals surface area contributed by atoms with Crippen LogP contribution in [0.1, 0.15) is 44.7 Å². The molecule has 0 unspecified atom stereocenters. The lowest BCUT2D eigenvalue weighted by molar-refractivity contribution is -0.142. The highest BCUT2D eigenvalue weighted by Crippen LogP contribution is 2.40. The average molecular weight is 366 g/mol. The van der Waals surface area contributed by atoms with Crippen molar-refractivity contribution in [3.8, 4) is 10.4 Å². The smallest absolute Gasteiger partial charge is 0.313 e. The summed E-state index contributed by atoms with van der Waals surface area (Å²) in [4.78, 5) is 38.7. The first-order valence-corrected chi connectivity index (χ1v) is 9.03. The molecule has 26 heavy (non-hydrogen) atoms. The molecule has 0 saturated carbocycles. The van der Waals surface area contributed by atoms with E-state index in [-0.39, 0.29) is 41.7 Å². The number of fused-ring (bicyclic) bond motifs is 2. The molecule has 0 spiro atoms. The van der Waals surface area contributed by atoms with Crippen LogP contribution in [0.25, 0.3) is 10.4 Å². The maximum absolute atomic E-state index is 13.1. The van der Waals surface area contributed by atoms with Crippen LogP contribution in [-0.2, 0) is 16.0 Å². The normalized spacial score (nSPS) is 12.7. The van der Waals surface area contributed by atoms with Gasteiger partial charge in [0.2, 0.25) is 5.78 Å². The molecule has 0 saturated heterocycles. The summed E-state index contributed by atoms with van der Waals surface area (Å²) in [6, 6.07) is 10.3. The number of carbonyl (C=O) groups excluding carboxylic acids is 3. The van der Waals surface area contributed by atoms with Gasteiger partial charge in [0.05, 0.1) is 12.2 Å². The minimum atomic E-state index is -0.464. The molecule has 0 bridgehead atoms. The first-order chi connectivity index (χ1) is 12.6. The SMILES string of the molecule is CCOC(=O)Cc1oc2c(c1-c1cccs1)C(=O)c1ccccc1C2=O. The second kappa shape index (κ2) is 6.38. The van der Waals surface area contributed by atoms with E-state index in [4.69, 9.17) is 9.15 Å². The molecule has 6 heteroatoms. The van der Waals surface area contributed by atoms with Crippen molar-refractivity contribution in [3.63, 3.8) is 0 Å². The second-order valence-electron chi connectivity index (χ2n) is 5.77. The van der Waals surface area contributed by atoms with Gasteiger partial charge >= 0.3 is 5.97 Å². The van der Waals surface area contributed by atoms with Crippen LogP contribution in [0.15, 0.2) is 46.2 Å². The Morgan fingerprint density at radius 2 is 1.77 bits per heavy atom. The second-order valence-corrected chi connectivity index (χ2v) is 6.71. The molecule has 2 aromatic heterocycles. The lowest BCUT2D eigenvalue weighted by atomic mass is 9.86. The number of esters is 1. The predicted octanol–water partition coefficient (Wildman–Crippen LogP) is 3.89. The summed E-state index contributed by atoms with van der Waals surface area (Å²) in [5, 5.41) is 1.87. The Morgan fingerprint density at radius 1 is 1.04 bits per heavy atom. The first-order valence-electron chi connectivity index (χ1n) is 8.15. The average Bonchev–Trinajstić information content (AvgIpc) is 3.27. The standard InChI is InChI=1S/C20H14O5S/c1-2-24-15(21)10-13-16(14-8-5-9-26-14)17-18(22)11-6-3-4-7-12(11)19(23)20(17)25-13/h3-9H,2,10H2,1H3. The Morgan fingerprint density at radius 3 is 2.42 bits per heavy atom. The Bertz CT molecular complexity index is 1030. The van der Waals surface area contributed by atoms with Crippen LogP contribution in [0.5, 0.6) is 0 Å². The topological polar surface area (TPSA) is 73.6 Å². The van der Waals surface area contributed by atoms with Gasteiger partial charge < -0.3 is 9.15 Å². The van der Waals surface area contributed by atoms with Gasteiger partial charge in [0, 0.05) is 21.6 Å². The van der Waals surface area contributed by atoms with Crippen LogP contribution in [0, 0.1) is 0 Å². The van der Waals surface area contributed by atoms with Crippen molar-refractivity contribution in [2.45, 2.75) is 13.3 Å². The lowest BCUT2D eigenvalue weighted by Crippen LogP contribution is -2.19. The molecule has 1 aliphatic carbocycles. The first kappa shape index (κ1) is 16.5. The van der Waals surface area contributed by atoms with Gasteiger partial charge in [-0.25, -0.2) is 0 Å². The van der Waals surface area contributed by atoms with Crippen molar-refractivity contribution >= 4 is 28.9 Å². The summed E-state index contributed by atoms with van der Waals surface area (Å²) in [6.07, 6.45) is -0.134. The summed E-state index contributed by atoms with van der Waals surface area (Å²) in [5.74, 6) is -0.795. The number of benzene rings is 1. The summed E-state index contributed by atoms with van der Waals surface area (Å²) in [5.41, 5.74) is 1.41. The van der Waals surface area contributed by atoms with Crippen molar-refractivity contribution in [1.29, 1.82) is 0 Å². The van der Waals surface area contributed by atoms with Gasteiger partial charge in [-0.15, -0.1) is 11.3 Å². The van der Waals surface area contributed by atoms with Crippen molar-refractivity contribution < 1.29 is 23.5 Å². The molecule has 0 aliphatic heterocycles. The largest absolute Gasteiger partial charge is 0.466 e. The monoisotopic (exact) mass is 366 g/mol. The maximum atomic E-state index is 13.1. The Labute approximate surface area is 153 Å². The fraction of sp³-hybridized carbons (Fsp3) is 0.150. The van der Waals surface area contributed by atoms with E-state index in [1.165, 1.54) is 11.3 Å². The van der Waals surface area contributed by atoms with Gasteiger partial charge in [-0.3, -0.25) is 14.4 Å². The molecule has 4 rings (SSSR count). The van der Waals surface area contributed by atoms with Crippen molar-refractivity contribution in [2.75, 3.05) is 6.61 Å². The molecule has 1 aliphatic rings. The fourth-order valence-corrected chi connectivity index (χ4v) is 3.93. The number of carbonyl (C=O) groups is 3. The highest BCUT2D eigenvalue weighted by molar-refractivity contribution is 7.13. The zero-order chi connectivity index (χ0) is 18.3. The van der Waals surface area contributed by atoms with Crippen LogP contribution >= 0.6 is 11.3 Å². The number of hydrogen-bond acceptors (Lipinski definition) is 6. The van der Waals surface area contributed by atoms with Gasteiger partial charge in [-0.2, -0.15) is 0 Å². The molecule has 0 amide bonds. The van der Waals surface area contributed by atoms with E-state index >= 15 is 0 Å². The van der Waals surface area contributed by atoms with E-state index in [9.17, 15) is 14.4 Å². The molecule has 130 valence electrons. The van der Waals surface area contributed by atoms with Gasteiger partial charge in [-0.05, 0) is 18.4 Å². The van der Waals surface area contributed by atoms with Crippen molar-refractivity contribution in [2.24, 2.45) is 0 Å². The van der Waals surface area contributed by atoms with Crippen LogP contribution in [-0.4, -0.2) is 24.1 Å². The molecule has 0 atom stereocenters. The van der Waals surface area contributed by atoms with Crippen molar-refractivity contribution in [3.05, 3.63) is 70.0 Å². The third kappa shape index (κ3) is 2.50. The summed E-state index contributed by atoms with van der Waals surface area (Å²) >= 11 is 1.42. The molecule has 0 radical (unpaired) electrons. The minimum absolute atomic E-state index is 0.00333. The Balaban J connectivity index is 1.92. The lowest BCUT2D eigenvalue weighted by Gasteiger charge is -2.13. The number of thiophene rings is 1. The fourth-order valence-electron chi connectivity index (χ4n) is 3.14. The summed E-state index contributed by atoms with van der Waals surface area (Å²) in [7, 11) is 0. The van der Waals surface area contributed by atoms with E-state index in [0.717, 1.165) is 4.88 Å². The van der Waals surface area contributed by atoms with Gasteiger partial charge in [0.25, 0.3) is 0 Å². The van der Waals surface area contributed by atoms with Crippen LogP contribution < -0.4 is 0 Å². The predicted molar refractivity (Wildman–Crippen MR) is 95.7 cm³/mol. The number of ketones is 2. The van der Waals surface area contributed by atoms with E-state index < -0.39 is 5.97 Å². The van der Waals surface area contributed by atoms with E-state index in [0.29, 0.717) is 16.7 Å². The van der Waals surface area contributed by atoms with Gasteiger partial charge in [-0.1, -0.05) is 30.3 Å². The molecule has 5 nitrogen and oxygen atoms in total. The number of hydrogen-bond donors (Lipinski definition) is 0. The zero-order valence-electron chi connectivity index (χ0n) is 13.9. The molecule has 3 aromatic rings. The maximum Gasteiger partial charge on any atom is 0.313 e. The highest BCUT2D eigenvalue weighted by Gasteiger charge is 2.38. The quantitative estimate of drug-likeness (QED) is 0.512. The van der Waals surface area contributed by atoms with Crippen molar-refractivity contribution in [1.82, 2.24) is 0 Å². The van der Waals surface area contributed by atoms with Gasteiger partial charge in [0.15, 0.2) is 11.5 Å². The third-order valence-corrected chi connectivity index (χ3v) is 5.10. The van der Waals surface area contributed by atoms with E-state index in [2.05, 4.69) is 0 Å². The number of furan rings is 1. The van der Waals surface area contributed by atoms with Gasteiger partial charge in [0.1, 0.15) is 12.2 Å².